The van der Waals surface area contributed by atoms with Crippen molar-refractivity contribution in [3.63, 3.8) is 0 Å². The molecule has 4 aromatic rings. The van der Waals surface area contributed by atoms with Crippen molar-refractivity contribution in [3.8, 4) is 27.6 Å². The normalized spacial score (nSPS) is 10.7. The molecular formula is C22H16ClN3O2S. The Morgan fingerprint density at radius 2 is 1.83 bits per heavy atom. The van der Waals surface area contributed by atoms with Gasteiger partial charge in [0.05, 0.1) is 23.2 Å². The van der Waals surface area contributed by atoms with Gasteiger partial charge in [0.1, 0.15) is 11.4 Å². The van der Waals surface area contributed by atoms with Crippen LogP contribution in [0.4, 0.5) is 5.82 Å². The molecule has 1 amide bonds. The Kier molecular flexibility index (Phi) is 5.55. The smallest absolute Gasteiger partial charge is 0.230 e. The third kappa shape index (κ3) is 4.62. The van der Waals surface area contributed by atoms with Crippen molar-refractivity contribution in [2.24, 2.45) is 0 Å². The molecule has 0 aliphatic heterocycles. The summed E-state index contributed by atoms with van der Waals surface area (Å²) in [5.74, 6) is 0.414. The highest BCUT2D eigenvalue weighted by Gasteiger charge is 2.15. The standard InChI is InChI=1S/C22H16ClN3O2S/c23-16-7-3-14(4-8-16)12-20(28)26-22-21(19-2-1-11-29-19)25-18(13-24-22)15-5-9-17(27)10-6-15/h1-11,13,27H,12H2,(H,24,26,28). The second kappa shape index (κ2) is 8.43. The summed E-state index contributed by atoms with van der Waals surface area (Å²) in [5, 5.41) is 14.9. The molecule has 0 radical (unpaired) electrons. The molecule has 0 aliphatic carbocycles. The van der Waals surface area contributed by atoms with Crippen molar-refractivity contribution in [2.75, 3.05) is 5.32 Å². The van der Waals surface area contributed by atoms with E-state index in [1.165, 1.54) is 11.3 Å². The number of carbonyl (C=O) groups is 1. The number of benzene rings is 2. The minimum absolute atomic E-state index is 0.184. The number of nitrogens with one attached hydrogen (secondary N) is 1. The minimum atomic E-state index is -0.184. The predicted octanol–water partition coefficient (Wildman–Crippen LogP) is 5.41. The third-order valence-corrected chi connectivity index (χ3v) is 5.35. The maximum Gasteiger partial charge on any atom is 0.230 e. The fourth-order valence-corrected chi connectivity index (χ4v) is 3.64. The van der Waals surface area contributed by atoms with E-state index in [0.29, 0.717) is 22.2 Å². The second-order valence-electron chi connectivity index (χ2n) is 6.33. The zero-order valence-electron chi connectivity index (χ0n) is 15.2. The Labute approximate surface area is 176 Å². The summed E-state index contributed by atoms with van der Waals surface area (Å²) in [6.45, 7) is 0. The third-order valence-electron chi connectivity index (χ3n) is 4.23. The highest BCUT2D eigenvalue weighted by Crippen LogP contribution is 2.31. The molecule has 0 spiro atoms. The Bertz CT molecular complexity index is 1130. The molecule has 144 valence electrons. The van der Waals surface area contributed by atoms with Gasteiger partial charge < -0.3 is 10.4 Å². The van der Waals surface area contributed by atoms with Gasteiger partial charge in [0.25, 0.3) is 0 Å². The number of nitrogens with zero attached hydrogens (tertiary/aromatic N) is 2. The molecule has 0 unspecified atom stereocenters. The minimum Gasteiger partial charge on any atom is -0.508 e. The lowest BCUT2D eigenvalue weighted by atomic mass is 10.1. The summed E-state index contributed by atoms with van der Waals surface area (Å²) in [6.07, 6.45) is 1.82. The lowest BCUT2D eigenvalue weighted by Gasteiger charge is -2.11. The number of thiophene rings is 1. The van der Waals surface area contributed by atoms with Gasteiger partial charge in [-0.05, 0) is 53.4 Å². The Balaban J connectivity index is 1.62. The number of phenolic OH excluding ortho intramolecular Hbond substituents is 1. The Morgan fingerprint density at radius 1 is 1.07 bits per heavy atom. The van der Waals surface area contributed by atoms with Crippen LogP contribution < -0.4 is 5.32 Å². The van der Waals surface area contributed by atoms with E-state index in [2.05, 4.69) is 10.3 Å². The molecule has 0 atom stereocenters. The van der Waals surface area contributed by atoms with Gasteiger partial charge in [0.15, 0.2) is 5.82 Å². The summed E-state index contributed by atoms with van der Waals surface area (Å²) in [6, 6.07) is 17.8. The quantitative estimate of drug-likeness (QED) is 0.451. The van der Waals surface area contributed by atoms with Crippen LogP contribution in [0.15, 0.2) is 72.2 Å². The first-order chi connectivity index (χ1) is 14.1. The van der Waals surface area contributed by atoms with E-state index in [1.54, 1.807) is 42.6 Å². The van der Waals surface area contributed by atoms with E-state index >= 15 is 0 Å². The summed E-state index contributed by atoms with van der Waals surface area (Å²) < 4.78 is 0. The lowest BCUT2D eigenvalue weighted by molar-refractivity contribution is -0.115. The number of anilines is 1. The van der Waals surface area contributed by atoms with Gasteiger partial charge in [0, 0.05) is 10.6 Å². The molecule has 0 bridgehead atoms. The van der Waals surface area contributed by atoms with Crippen molar-refractivity contribution in [1.29, 1.82) is 0 Å². The first-order valence-electron chi connectivity index (χ1n) is 8.83. The molecule has 0 saturated carbocycles. The Morgan fingerprint density at radius 3 is 2.52 bits per heavy atom. The number of carbonyl (C=O) groups excluding carboxylic acids is 1. The van der Waals surface area contributed by atoms with E-state index in [9.17, 15) is 9.90 Å². The summed E-state index contributed by atoms with van der Waals surface area (Å²) in [4.78, 5) is 22.6. The number of hydrogen-bond acceptors (Lipinski definition) is 5. The number of halogens is 1. The van der Waals surface area contributed by atoms with E-state index in [-0.39, 0.29) is 18.1 Å². The van der Waals surface area contributed by atoms with Crippen molar-refractivity contribution in [2.45, 2.75) is 6.42 Å². The zero-order valence-corrected chi connectivity index (χ0v) is 16.7. The van der Waals surface area contributed by atoms with Crippen molar-refractivity contribution in [3.05, 3.63) is 82.8 Å². The fourth-order valence-electron chi connectivity index (χ4n) is 2.80. The van der Waals surface area contributed by atoms with Crippen molar-refractivity contribution < 1.29 is 9.90 Å². The van der Waals surface area contributed by atoms with Gasteiger partial charge in [-0.2, -0.15) is 0 Å². The zero-order chi connectivity index (χ0) is 20.2. The van der Waals surface area contributed by atoms with Gasteiger partial charge in [-0.15, -0.1) is 11.3 Å². The number of amides is 1. The van der Waals surface area contributed by atoms with Gasteiger partial charge in [-0.25, -0.2) is 9.97 Å². The van der Waals surface area contributed by atoms with Crippen LogP contribution in [0.2, 0.25) is 5.02 Å². The maximum absolute atomic E-state index is 12.5. The Hall–Kier alpha value is -3.22. The van der Waals surface area contributed by atoms with Crippen LogP contribution in [0.5, 0.6) is 5.75 Å². The molecular weight excluding hydrogens is 406 g/mol. The summed E-state index contributed by atoms with van der Waals surface area (Å²) in [7, 11) is 0. The van der Waals surface area contributed by atoms with E-state index in [0.717, 1.165) is 16.0 Å². The number of phenols is 1. The first-order valence-corrected chi connectivity index (χ1v) is 10.1. The van der Waals surface area contributed by atoms with Crippen LogP contribution in [0.3, 0.4) is 0 Å². The van der Waals surface area contributed by atoms with Gasteiger partial charge in [-0.1, -0.05) is 29.8 Å². The molecule has 7 heteroatoms. The fraction of sp³-hybridized carbons (Fsp3) is 0.0455. The number of hydrogen-bond donors (Lipinski definition) is 2. The molecule has 0 aliphatic rings. The molecule has 4 rings (SSSR count). The van der Waals surface area contributed by atoms with E-state index < -0.39 is 0 Å². The molecule has 2 aromatic carbocycles. The highest BCUT2D eigenvalue weighted by molar-refractivity contribution is 7.13. The summed E-state index contributed by atoms with van der Waals surface area (Å²) >= 11 is 7.42. The van der Waals surface area contributed by atoms with Crippen LogP contribution in [0.1, 0.15) is 5.56 Å². The molecule has 2 N–H and O–H groups in total. The van der Waals surface area contributed by atoms with Crippen LogP contribution in [-0.2, 0) is 11.2 Å². The van der Waals surface area contributed by atoms with E-state index in [1.807, 2.05) is 29.6 Å². The number of rotatable bonds is 5. The van der Waals surface area contributed by atoms with Crippen LogP contribution >= 0.6 is 22.9 Å². The predicted molar refractivity (Wildman–Crippen MR) is 116 cm³/mol. The second-order valence-corrected chi connectivity index (χ2v) is 7.71. The largest absolute Gasteiger partial charge is 0.508 e. The van der Waals surface area contributed by atoms with Gasteiger partial charge in [0.2, 0.25) is 5.91 Å². The van der Waals surface area contributed by atoms with Crippen molar-refractivity contribution >= 4 is 34.7 Å². The molecule has 5 nitrogen and oxygen atoms in total. The lowest BCUT2D eigenvalue weighted by Crippen LogP contribution is -2.16. The number of aromatic nitrogens is 2. The molecule has 29 heavy (non-hydrogen) atoms. The topological polar surface area (TPSA) is 75.1 Å². The highest BCUT2D eigenvalue weighted by atomic mass is 35.5. The number of aromatic hydroxyl groups is 1. The molecule has 0 fully saturated rings. The maximum atomic E-state index is 12.5. The van der Waals surface area contributed by atoms with E-state index in [4.69, 9.17) is 16.6 Å². The molecule has 0 saturated heterocycles. The van der Waals surface area contributed by atoms with Gasteiger partial charge >= 0.3 is 0 Å². The average molecular weight is 422 g/mol. The van der Waals surface area contributed by atoms with Gasteiger partial charge in [-0.3, -0.25) is 4.79 Å². The van der Waals surface area contributed by atoms with Crippen LogP contribution in [0, 0.1) is 0 Å². The first kappa shape index (κ1) is 19.1. The van der Waals surface area contributed by atoms with Crippen LogP contribution in [0.25, 0.3) is 21.8 Å². The summed E-state index contributed by atoms with van der Waals surface area (Å²) in [5.41, 5.74) is 2.95. The molecule has 2 aromatic heterocycles. The van der Waals surface area contributed by atoms with Crippen molar-refractivity contribution in [1.82, 2.24) is 9.97 Å². The van der Waals surface area contributed by atoms with Crippen LogP contribution in [-0.4, -0.2) is 21.0 Å². The monoisotopic (exact) mass is 421 g/mol. The SMILES string of the molecule is O=C(Cc1ccc(Cl)cc1)Nc1ncc(-c2ccc(O)cc2)nc1-c1cccs1. The average Bonchev–Trinajstić information content (AvgIpc) is 3.25. The molecule has 2 heterocycles.